The minimum Gasteiger partial charge on any atom is -0.320 e. The van der Waals surface area contributed by atoms with Gasteiger partial charge in [0.25, 0.3) is 5.56 Å². The van der Waals surface area contributed by atoms with E-state index in [4.69, 9.17) is 0 Å². The average molecular weight is 417 g/mol. The predicted molar refractivity (Wildman–Crippen MR) is 124 cm³/mol. The summed E-state index contributed by atoms with van der Waals surface area (Å²) >= 11 is 0. The predicted octanol–water partition coefficient (Wildman–Crippen LogP) is 4.06. The van der Waals surface area contributed by atoms with Gasteiger partial charge in [-0.25, -0.2) is 14.3 Å². The largest absolute Gasteiger partial charge is 0.337 e. The molecule has 2 heterocycles. The van der Waals surface area contributed by atoms with Gasteiger partial charge in [0.1, 0.15) is 0 Å². The van der Waals surface area contributed by atoms with Gasteiger partial charge < -0.3 is 4.57 Å². The Bertz CT molecular complexity index is 1320. The number of fused-ring (bicyclic) bond motifs is 1. The van der Waals surface area contributed by atoms with E-state index in [1.54, 1.807) is 10.9 Å². The maximum absolute atomic E-state index is 13.4. The van der Waals surface area contributed by atoms with Crippen LogP contribution >= 0.6 is 0 Å². The Morgan fingerprint density at radius 3 is 2.13 bits per heavy atom. The van der Waals surface area contributed by atoms with Crippen molar-refractivity contribution in [2.24, 2.45) is 5.92 Å². The number of rotatable bonds is 6. The number of benzene rings is 2. The zero-order valence-electron chi connectivity index (χ0n) is 18.5. The topological polar surface area (TPSA) is 61.8 Å². The number of hydrogen-bond acceptors (Lipinski definition) is 3. The molecule has 0 aliphatic rings. The fourth-order valence-corrected chi connectivity index (χ4v) is 3.70. The average Bonchev–Trinajstić information content (AvgIpc) is 3.14. The maximum atomic E-state index is 13.4. The third kappa shape index (κ3) is 4.10. The molecule has 0 bridgehead atoms. The van der Waals surface area contributed by atoms with E-state index in [-0.39, 0.29) is 11.2 Å². The van der Waals surface area contributed by atoms with Crippen molar-refractivity contribution in [2.45, 2.75) is 47.2 Å². The first-order valence-electron chi connectivity index (χ1n) is 10.7. The molecule has 0 amide bonds. The molecule has 0 radical (unpaired) electrons. The minimum atomic E-state index is -0.345. The molecule has 31 heavy (non-hydrogen) atoms. The fourth-order valence-electron chi connectivity index (χ4n) is 3.70. The van der Waals surface area contributed by atoms with Crippen molar-refractivity contribution in [3.8, 4) is 5.69 Å². The summed E-state index contributed by atoms with van der Waals surface area (Å²) in [5.41, 5.74) is 4.28. The summed E-state index contributed by atoms with van der Waals surface area (Å²) in [5, 5.41) is 0. The lowest BCUT2D eigenvalue weighted by Gasteiger charge is -2.14. The molecule has 6 heteroatoms. The highest BCUT2D eigenvalue weighted by Crippen LogP contribution is 2.16. The SMILES string of the molecule is Cc1ccc(Cn2cnc3c2c(=O)n(CCC(C)C)c(=O)n3-c2ccc(C)cc2)cc1. The number of aromatic nitrogens is 4. The molecule has 2 aromatic heterocycles. The summed E-state index contributed by atoms with van der Waals surface area (Å²) in [6, 6.07) is 15.9. The summed E-state index contributed by atoms with van der Waals surface area (Å²) in [7, 11) is 0. The van der Waals surface area contributed by atoms with Crippen LogP contribution in [-0.2, 0) is 13.1 Å². The molecule has 6 nitrogen and oxygen atoms in total. The van der Waals surface area contributed by atoms with E-state index in [2.05, 4.69) is 43.1 Å². The van der Waals surface area contributed by atoms with E-state index >= 15 is 0 Å². The molecule has 0 saturated heterocycles. The first-order valence-corrected chi connectivity index (χ1v) is 10.7. The fraction of sp³-hybridized carbons (Fsp3) is 0.320. The van der Waals surface area contributed by atoms with Gasteiger partial charge in [-0.3, -0.25) is 9.36 Å². The Morgan fingerprint density at radius 2 is 1.52 bits per heavy atom. The van der Waals surface area contributed by atoms with Crippen molar-refractivity contribution >= 4 is 11.2 Å². The van der Waals surface area contributed by atoms with Crippen molar-refractivity contribution in [1.29, 1.82) is 0 Å². The third-order valence-corrected chi connectivity index (χ3v) is 5.60. The summed E-state index contributed by atoms with van der Waals surface area (Å²) in [6.07, 6.45) is 2.41. The monoisotopic (exact) mass is 416 g/mol. The zero-order chi connectivity index (χ0) is 22.1. The highest BCUT2D eigenvalue weighted by atomic mass is 16.2. The van der Waals surface area contributed by atoms with E-state index in [1.807, 2.05) is 42.7 Å². The van der Waals surface area contributed by atoms with Crippen LogP contribution in [0.3, 0.4) is 0 Å². The molecule has 2 aromatic carbocycles. The second-order valence-corrected chi connectivity index (χ2v) is 8.62. The van der Waals surface area contributed by atoms with Crippen LogP contribution in [0.25, 0.3) is 16.9 Å². The lowest BCUT2D eigenvalue weighted by Crippen LogP contribution is -2.40. The molecule has 160 valence electrons. The van der Waals surface area contributed by atoms with Crippen LogP contribution in [0.15, 0.2) is 64.4 Å². The molecular weight excluding hydrogens is 388 g/mol. The molecule has 0 atom stereocenters. The van der Waals surface area contributed by atoms with Crippen molar-refractivity contribution in [1.82, 2.24) is 18.7 Å². The van der Waals surface area contributed by atoms with Crippen molar-refractivity contribution < 1.29 is 0 Å². The van der Waals surface area contributed by atoms with Gasteiger partial charge >= 0.3 is 5.69 Å². The molecule has 4 rings (SSSR count). The summed E-state index contributed by atoms with van der Waals surface area (Å²) in [5.74, 6) is 0.382. The molecule has 0 N–H and O–H groups in total. The Balaban J connectivity index is 1.94. The van der Waals surface area contributed by atoms with Crippen molar-refractivity contribution in [3.63, 3.8) is 0 Å². The maximum Gasteiger partial charge on any atom is 0.337 e. The number of imidazole rings is 1. The smallest absolute Gasteiger partial charge is 0.320 e. The third-order valence-electron chi connectivity index (χ3n) is 5.60. The van der Waals surface area contributed by atoms with E-state index in [1.165, 1.54) is 10.1 Å². The second-order valence-electron chi connectivity index (χ2n) is 8.62. The normalized spacial score (nSPS) is 11.5. The van der Waals surface area contributed by atoms with Gasteiger partial charge in [0.2, 0.25) is 0 Å². The summed E-state index contributed by atoms with van der Waals surface area (Å²) < 4.78 is 4.76. The van der Waals surface area contributed by atoms with Crippen LogP contribution in [0, 0.1) is 19.8 Å². The second kappa shape index (κ2) is 8.38. The standard InChI is InChI=1S/C25H28N4O2/c1-17(2)13-14-28-24(30)22-23(29(25(28)31)21-11-7-19(4)8-12-21)26-16-27(22)15-20-9-5-18(3)6-10-20/h5-12,16-17H,13-15H2,1-4H3. The molecule has 0 aliphatic heterocycles. The molecular formula is C25H28N4O2. The van der Waals surface area contributed by atoms with Crippen LogP contribution in [-0.4, -0.2) is 18.7 Å². The van der Waals surface area contributed by atoms with Crippen LogP contribution in [0.1, 0.15) is 37.0 Å². The molecule has 0 spiro atoms. The lowest BCUT2D eigenvalue weighted by atomic mass is 10.1. The molecule has 0 unspecified atom stereocenters. The minimum absolute atomic E-state index is 0.284. The molecule has 0 saturated carbocycles. The first-order chi connectivity index (χ1) is 14.8. The van der Waals surface area contributed by atoms with E-state index in [9.17, 15) is 9.59 Å². The first kappa shape index (κ1) is 20.8. The van der Waals surface area contributed by atoms with Gasteiger partial charge in [-0.2, -0.15) is 0 Å². The Kier molecular flexibility index (Phi) is 5.63. The van der Waals surface area contributed by atoms with E-state index < -0.39 is 0 Å². The summed E-state index contributed by atoms with van der Waals surface area (Å²) in [4.78, 5) is 31.3. The Hall–Kier alpha value is -3.41. The summed E-state index contributed by atoms with van der Waals surface area (Å²) in [6.45, 7) is 9.12. The van der Waals surface area contributed by atoms with Crippen LogP contribution in [0.2, 0.25) is 0 Å². The van der Waals surface area contributed by atoms with Crippen molar-refractivity contribution in [2.75, 3.05) is 0 Å². The lowest BCUT2D eigenvalue weighted by molar-refractivity contribution is 0.491. The molecule has 0 aliphatic carbocycles. The highest BCUT2D eigenvalue weighted by molar-refractivity contribution is 5.72. The molecule has 0 fully saturated rings. The Labute approximate surface area is 181 Å². The van der Waals surface area contributed by atoms with E-state index in [0.717, 1.165) is 17.5 Å². The van der Waals surface area contributed by atoms with Gasteiger partial charge in [0.05, 0.1) is 12.0 Å². The van der Waals surface area contributed by atoms with Gasteiger partial charge in [-0.05, 0) is 43.9 Å². The number of nitrogens with zero attached hydrogens (tertiary/aromatic N) is 4. The van der Waals surface area contributed by atoms with Crippen LogP contribution in [0.5, 0.6) is 0 Å². The van der Waals surface area contributed by atoms with Gasteiger partial charge in [0.15, 0.2) is 11.2 Å². The van der Waals surface area contributed by atoms with Crippen LogP contribution < -0.4 is 11.2 Å². The van der Waals surface area contributed by atoms with Crippen molar-refractivity contribution in [3.05, 3.63) is 92.4 Å². The van der Waals surface area contributed by atoms with Gasteiger partial charge in [0, 0.05) is 13.1 Å². The Morgan fingerprint density at radius 1 is 0.903 bits per heavy atom. The van der Waals surface area contributed by atoms with Gasteiger partial charge in [-0.15, -0.1) is 0 Å². The quantitative estimate of drug-likeness (QED) is 0.476. The van der Waals surface area contributed by atoms with Gasteiger partial charge in [-0.1, -0.05) is 61.4 Å². The zero-order valence-corrected chi connectivity index (χ0v) is 18.5. The van der Waals surface area contributed by atoms with Crippen LogP contribution in [0.4, 0.5) is 0 Å². The molecule has 4 aromatic rings. The highest BCUT2D eigenvalue weighted by Gasteiger charge is 2.19. The van der Waals surface area contributed by atoms with E-state index in [0.29, 0.717) is 35.9 Å². The number of hydrogen-bond donors (Lipinski definition) is 0. The number of aryl methyl sites for hydroxylation is 2.